The fraction of sp³-hybridized carbons (Fsp3) is 0.200. The third kappa shape index (κ3) is 7.82. The Hall–Kier alpha value is -3.92. The van der Waals surface area contributed by atoms with Crippen molar-refractivity contribution in [3.05, 3.63) is 91.9 Å². The summed E-state index contributed by atoms with van der Waals surface area (Å²) in [7, 11) is 0. The molecule has 0 bridgehead atoms. The number of anilines is 1. The lowest BCUT2D eigenvalue weighted by Gasteiger charge is -2.14. The second kappa shape index (κ2) is 12.5. The number of hydrazone groups is 1. The Morgan fingerprint density at radius 3 is 2.49 bits per heavy atom. The van der Waals surface area contributed by atoms with E-state index in [1.54, 1.807) is 24.3 Å². The summed E-state index contributed by atoms with van der Waals surface area (Å²) in [5.74, 6) is 0.709. The van der Waals surface area contributed by atoms with Crippen LogP contribution in [0.15, 0.2) is 70.2 Å². The standard InChI is InChI=1S/C25H25BrN4O5/c1-3-34-23-13-19(14-28-29-24(31)15-27-20-8-4-17(2)5-9-20)12-22(26)25(23)35-16-18-6-10-21(11-7-18)30(32)33/h4-14,27H,3,15-16H2,1-2H3,(H,29,31)/b28-14-. The molecule has 0 fully saturated rings. The van der Waals surface area contributed by atoms with E-state index in [9.17, 15) is 14.9 Å². The van der Waals surface area contributed by atoms with E-state index in [1.807, 2.05) is 38.1 Å². The van der Waals surface area contributed by atoms with Gasteiger partial charge in [0, 0.05) is 17.8 Å². The highest BCUT2D eigenvalue weighted by molar-refractivity contribution is 9.10. The Labute approximate surface area is 211 Å². The third-order valence-corrected chi connectivity index (χ3v) is 5.36. The van der Waals surface area contributed by atoms with Gasteiger partial charge in [-0.25, -0.2) is 5.43 Å². The van der Waals surface area contributed by atoms with Crippen molar-refractivity contribution in [1.29, 1.82) is 0 Å². The van der Waals surface area contributed by atoms with E-state index >= 15 is 0 Å². The van der Waals surface area contributed by atoms with Crippen molar-refractivity contribution < 1.29 is 19.2 Å². The van der Waals surface area contributed by atoms with Crippen molar-refractivity contribution in [2.24, 2.45) is 5.10 Å². The monoisotopic (exact) mass is 540 g/mol. The third-order valence-electron chi connectivity index (χ3n) is 4.77. The minimum Gasteiger partial charge on any atom is -0.490 e. The molecule has 10 heteroatoms. The molecule has 0 aromatic heterocycles. The van der Waals surface area contributed by atoms with Crippen LogP contribution in [0.4, 0.5) is 11.4 Å². The Bertz CT molecular complexity index is 1200. The van der Waals surface area contributed by atoms with Crippen LogP contribution in [-0.2, 0) is 11.4 Å². The Morgan fingerprint density at radius 1 is 1.11 bits per heavy atom. The molecule has 1 amide bonds. The normalized spacial score (nSPS) is 10.7. The van der Waals surface area contributed by atoms with Crippen LogP contribution in [0.1, 0.15) is 23.6 Å². The lowest BCUT2D eigenvalue weighted by atomic mass is 10.2. The Balaban J connectivity index is 1.60. The number of carbonyl (C=O) groups is 1. The van der Waals surface area contributed by atoms with Gasteiger partial charge in [0.15, 0.2) is 11.5 Å². The number of hydrogen-bond acceptors (Lipinski definition) is 7. The molecule has 182 valence electrons. The van der Waals surface area contributed by atoms with Crippen LogP contribution in [0.3, 0.4) is 0 Å². The Kier molecular flexibility index (Phi) is 9.19. The molecule has 35 heavy (non-hydrogen) atoms. The first-order valence-electron chi connectivity index (χ1n) is 10.8. The van der Waals surface area contributed by atoms with Crippen molar-refractivity contribution in [1.82, 2.24) is 5.43 Å². The van der Waals surface area contributed by atoms with E-state index < -0.39 is 4.92 Å². The molecule has 2 N–H and O–H groups in total. The topological polar surface area (TPSA) is 115 Å². The smallest absolute Gasteiger partial charge is 0.269 e. The zero-order valence-corrected chi connectivity index (χ0v) is 20.9. The molecule has 9 nitrogen and oxygen atoms in total. The number of nitro benzene ring substituents is 1. The first-order valence-corrected chi connectivity index (χ1v) is 11.6. The number of carbonyl (C=O) groups excluding carboxylic acids is 1. The number of aryl methyl sites for hydroxylation is 1. The molecule has 3 rings (SSSR count). The molecular weight excluding hydrogens is 516 g/mol. The van der Waals surface area contributed by atoms with Gasteiger partial charge >= 0.3 is 0 Å². The van der Waals surface area contributed by atoms with Gasteiger partial charge in [-0.05, 0) is 77.3 Å². The van der Waals surface area contributed by atoms with Crippen LogP contribution in [0.2, 0.25) is 0 Å². The summed E-state index contributed by atoms with van der Waals surface area (Å²) in [5, 5.41) is 17.9. The fourth-order valence-electron chi connectivity index (χ4n) is 3.01. The van der Waals surface area contributed by atoms with E-state index in [2.05, 4.69) is 31.8 Å². The number of amides is 1. The van der Waals surface area contributed by atoms with E-state index in [1.165, 1.54) is 18.3 Å². The zero-order valence-electron chi connectivity index (χ0n) is 19.3. The number of halogens is 1. The minimum absolute atomic E-state index is 0.0200. The molecule has 0 unspecified atom stereocenters. The average molecular weight is 541 g/mol. The van der Waals surface area contributed by atoms with Crippen LogP contribution in [0, 0.1) is 17.0 Å². The highest BCUT2D eigenvalue weighted by atomic mass is 79.9. The first kappa shape index (κ1) is 25.7. The van der Waals surface area contributed by atoms with Gasteiger partial charge in [0.05, 0.1) is 28.8 Å². The first-order chi connectivity index (χ1) is 16.9. The summed E-state index contributed by atoms with van der Waals surface area (Å²) in [5.41, 5.74) is 5.97. The molecule has 0 aliphatic heterocycles. The van der Waals surface area contributed by atoms with Gasteiger partial charge in [0.1, 0.15) is 6.61 Å². The molecule has 0 saturated carbocycles. The maximum atomic E-state index is 12.1. The molecule has 0 atom stereocenters. The number of nitrogens with one attached hydrogen (secondary N) is 2. The van der Waals surface area contributed by atoms with Crippen LogP contribution in [0.5, 0.6) is 11.5 Å². The summed E-state index contributed by atoms with van der Waals surface area (Å²) >= 11 is 3.50. The maximum Gasteiger partial charge on any atom is 0.269 e. The van der Waals surface area contributed by atoms with E-state index in [4.69, 9.17) is 9.47 Å². The van der Waals surface area contributed by atoms with E-state index in [0.29, 0.717) is 28.1 Å². The highest BCUT2D eigenvalue weighted by Crippen LogP contribution is 2.37. The molecular formula is C25H25BrN4O5. The van der Waals surface area contributed by atoms with Crippen LogP contribution in [0.25, 0.3) is 0 Å². The number of ether oxygens (including phenoxy) is 2. The number of hydrogen-bond donors (Lipinski definition) is 2. The van der Waals surface area contributed by atoms with Gasteiger partial charge in [-0.1, -0.05) is 17.7 Å². The quantitative estimate of drug-likeness (QED) is 0.196. The van der Waals surface area contributed by atoms with Crippen molar-refractivity contribution in [2.75, 3.05) is 18.5 Å². The van der Waals surface area contributed by atoms with Crippen LogP contribution >= 0.6 is 15.9 Å². The van der Waals surface area contributed by atoms with Crippen LogP contribution < -0.4 is 20.2 Å². The summed E-state index contributed by atoms with van der Waals surface area (Å²) in [4.78, 5) is 22.4. The number of rotatable bonds is 11. The molecule has 0 spiro atoms. The van der Waals surface area contributed by atoms with Gasteiger partial charge in [-0.3, -0.25) is 14.9 Å². The number of benzene rings is 3. The largest absolute Gasteiger partial charge is 0.490 e. The number of non-ortho nitro benzene ring substituents is 1. The lowest BCUT2D eigenvalue weighted by Crippen LogP contribution is -2.25. The molecule has 0 heterocycles. The van der Waals surface area contributed by atoms with Crippen molar-refractivity contribution in [3.63, 3.8) is 0 Å². The van der Waals surface area contributed by atoms with Crippen LogP contribution in [-0.4, -0.2) is 30.2 Å². The predicted molar refractivity (Wildman–Crippen MR) is 138 cm³/mol. The predicted octanol–water partition coefficient (Wildman–Crippen LogP) is 5.21. The SMILES string of the molecule is CCOc1cc(/C=N\NC(=O)CNc2ccc(C)cc2)cc(Br)c1OCc1ccc([N+](=O)[O-])cc1. The van der Waals surface area contributed by atoms with Gasteiger partial charge in [0.2, 0.25) is 0 Å². The molecule has 3 aromatic rings. The molecule has 0 aliphatic rings. The van der Waals surface area contributed by atoms with Gasteiger partial charge in [0.25, 0.3) is 11.6 Å². The van der Waals surface area contributed by atoms with Gasteiger partial charge in [-0.15, -0.1) is 0 Å². The van der Waals surface area contributed by atoms with E-state index in [-0.39, 0.29) is 24.7 Å². The second-order valence-electron chi connectivity index (χ2n) is 7.49. The maximum absolute atomic E-state index is 12.1. The molecule has 0 saturated heterocycles. The number of nitrogens with zero attached hydrogens (tertiary/aromatic N) is 2. The van der Waals surface area contributed by atoms with Gasteiger partial charge in [-0.2, -0.15) is 5.10 Å². The summed E-state index contributed by atoms with van der Waals surface area (Å²) in [6.07, 6.45) is 1.51. The molecule has 0 aliphatic carbocycles. The second-order valence-corrected chi connectivity index (χ2v) is 8.34. The van der Waals surface area contributed by atoms with Gasteiger partial charge < -0.3 is 14.8 Å². The minimum atomic E-state index is -0.447. The zero-order chi connectivity index (χ0) is 25.2. The van der Waals surface area contributed by atoms with Crippen molar-refractivity contribution >= 4 is 39.4 Å². The summed E-state index contributed by atoms with van der Waals surface area (Å²) in [6.45, 7) is 4.56. The summed E-state index contributed by atoms with van der Waals surface area (Å²) in [6, 6.07) is 17.4. The fourth-order valence-corrected chi connectivity index (χ4v) is 3.58. The number of nitro groups is 1. The lowest BCUT2D eigenvalue weighted by molar-refractivity contribution is -0.384. The van der Waals surface area contributed by atoms with Crippen molar-refractivity contribution in [3.8, 4) is 11.5 Å². The molecule has 3 aromatic carbocycles. The highest BCUT2D eigenvalue weighted by Gasteiger charge is 2.13. The Morgan fingerprint density at radius 2 is 1.83 bits per heavy atom. The van der Waals surface area contributed by atoms with E-state index in [0.717, 1.165) is 16.8 Å². The molecule has 0 radical (unpaired) electrons. The average Bonchev–Trinajstić information content (AvgIpc) is 2.83. The van der Waals surface area contributed by atoms with Crippen molar-refractivity contribution in [2.45, 2.75) is 20.5 Å². The summed E-state index contributed by atoms with van der Waals surface area (Å²) < 4.78 is 12.3.